The van der Waals surface area contributed by atoms with Gasteiger partial charge >= 0.3 is 0 Å². The highest BCUT2D eigenvalue weighted by molar-refractivity contribution is 5.99. The highest BCUT2D eigenvalue weighted by Crippen LogP contribution is 2.39. The van der Waals surface area contributed by atoms with Crippen molar-refractivity contribution in [3.8, 4) is 11.5 Å². The van der Waals surface area contributed by atoms with Crippen molar-refractivity contribution >= 4 is 11.5 Å². The van der Waals surface area contributed by atoms with E-state index in [0.717, 1.165) is 55.6 Å². The van der Waals surface area contributed by atoms with Gasteiger partial charge in [-0.05, 0) is 51.4 Å². The Labute approximate surface area is 257 Å². The molecule has 238 valence electrons. The molecule has 1 saturated heterocycles. The Hall–Kier alpha value is -3.03. The minimum Gasteiger partial charge on any atom is -0.496 e. The smallest absolute Gasteiger partial charge is 0.257 e. The van der Waals surface area contributed by atoms with Crippen LogP contribution in [0, 0.1) is 0 Å². The molecule has 1 heterocycles. The predicted octanol–water partition coefficient (Wildman–Crippen LogP) is 7.66. The zero-order valence-corrected chi connectivity index (χ0v) is 28.5. The van der Waals surface area contributed by atoms with Gasteiger partial charge in [0, 0.05) is 57.2 Å². The van der Waals surface area contributed by atoms with Crippen molar-refractivity contribution in [3.05, 3.63) is 65.4 Å². The Bertz CT molecular complexity index is 1020. The quantitative estimate of drug-likeness (QED) is 0.127. The first-order valence-electron chi connectivity index (χ1n) is 15.4. The van der Waals surface area contributed by atoms with E-state index < -0.39 is 0 Å². The van der Waals surface area contributed by atoms with Crippen LogP contribution in [0.3, 0.4) is 0 Å². The second-order valence-electron chi connectivity index (χ2n) is 9.80. The number of amides is 1. The topological polar surface area (TPSA) is 54.5 Å². The number of allylic oxidation sites excluding steroid dienone is 5. The molecule has 0 aliphatic carbocycles. The Morgan fingerprint density at radius 1 is 0.952 bits per heavy atom. The summed E-state index contributed by atoms with van der Waals surface area (Å²) >= 11 is 0. The number of hydrogen-bond donors (Lipinski definition) is 0. The van der Waals surface area contributed by atoms with Crippen LogP contribution >= 0.6 is 0 Å². The molecule has 0 saturated carbocycles. The fourth-order valence-electron chi connectivity index (χ4n) is 4.40. The SMILES string of the molecule is C=CCCN(/C=C(\C(/C=C\CCC)=C(C)C)c1cc(OC)c(C(=O)N2CCN(C)CC2)cc1OC)COC.CC.CC. The first-order valence-corrected chi connectivity index (χ1v) is 15.4. The highest BCUT2D eigenvalue weighted by atomic mass is 16.5. The summed E-state index contributed by atoms with van der Waals surface area (Å²) in [6.07, 6.45) is 11.3. The standard InChI is InChI=1S/C31H47N3O4.2C2H6/c1-9-11-13-14-25(24(3)4)28(22-33(23-36-6)15-12-10-2)26-20-30(38-8)27(21-29(26)37-7)31(35)34-18-16-32(5)17-19-34;2*1-2/h10,13-14,20-22H,2,9,11-12,15-19,23H2,1,3-8H3;2*1-2H3/b14-13-,28-22+;;. The third-order valence-corrected chi connectivity index (χ3v) is 6.63. The van der Waals surface area contributed by atoms with Gasteiger partial charge in [-0.15, -0.1) is 6.58 Å². The number of hydrogen-bond acceptors (Lipinski definition) is 6. The molecule has 1 aliphatic rings. The van der Waals surface area contributed by atoms with E-state index in [1.807, 2.05) is 50.8 Å². The first-order chi connectivity index (χ1) is 20.3. The highest BCUT2D eigenvalue weighted by Gasteiger charge is 2.26. The molecule has 1 aromatic rings. The number of carbonyl (C=O) groups excluding carboxylic acids is 1. The maximum atomic E-state index is 13.5. The van der Waals surface area contributed by atoms with Crippen LogP contribution in [0.5, 0.6) is 11.5 Å². The van der Waals surface area contributed by atoms with E-state index in [2.05, 4.69) is 62.5 Å². The fourth-order valence-corrected chi connectivity index (χ4v) is 4.40. The maximum absolute atomic E-state index is 13.5. The summed E-state index contributed by atoms with van der Waals surface area (Å²) in [7, 11) is 7.03. The van der Waals surface area contributed by atoms with Gasteiger partial charge in [-0.2, -0.15) is 0 Å². The second kappa shape index (κ2) is 22.6. The zero-order chi connectivity index (χ0) is 32.1. The van der Waals surface area contributed by atoms with Gasteiger partial charge in [0.2, 0.25) is 0 Å². The summed E-state index contributed by atoms with van der Waals surface area (Å²) in [4.78, 5) is 19.8. The Morgan fingerprint density at radius 2 is 1.52 bits per heavy atom. The molecule has 0 atom stereocenters. The lowest BCUT2D eigenvalue weighted by molar-refractivity contribution is 0.0660. The van der Waals surface area contributed by atoms with E-state index in [4.69, 9.17) is 14.2 Å². The van der Waals surface area contributed by atoms with Crippen LogP contribution in [-0.2, 0) is 4.74 Å². The van der Waals surface area contributed by atoms with Crippen molar-refractivity contribution in [2.24, 2.45) is 0 Å². The molecule has 0 N–H and O–H groups in total. The maximum Gasteiger partial charge on any atom is 0.257 e. The van der Waals surface area contributed by atoms with E-state index in [-0.39, 0.29) is 5.91 Å². The average molecular weight is 586 g/mol. The van der Waals surface area contributed by atoms with E-state index in [0.29, 0.717) is 36.9 Å². The molecule has 0 bridgehead atoms. The van der Waals surface area contributed by atoms with Crippen molar-refractivity contribution in [1.82, 2.24) is 14.7 Å². The molecule has 1 aromatic carbocycles. The number of rotatable bonds is 14. The molecule has 1 aliphatic heterocycles. The van der Waals surface area contributed by atoms with Crippen LogP contribution in [0.25, 0.3) is 5.57 Å². The molecule has 0 radical (unpaired) electrons. The third kappa shape index (κ3) is 12.1. The van der Waals surface area contributed by atoms with Crippen LogP contribution < -0.4 is 9.47 Å². The van der Waals surface area contributed by atoms with E-state index in [9.17, 15) is 4.79 Å². The fraction of sp³-hybridized carbons (Fsp3) is 0.571. The molecule has 7 nitrogen and oxygen atoms in total. The molecule has 1 amide bonds. The predicted molar refractivity (Wildman–Crippen MR) is 179 cm³/mol. The number of benzene rings is 1. The van der Waals surface area contributed by atoms with Crippen LogP contribution in [0.15, 0.2) is 54.3 Å². The van der Waals surface area contributed by atoms with Crippen LogP contribution in [0.2, 0.25) is 0 Å². The minimum absolute atomic E-state index is 0.0393. The number of methoxy groups -OCH3 is 3. The summed E-state index contributed by atoms with van der Waals surface area (Å²) in [6, 6.07) is 3.76. The molecular weight excluding hydrogens is 526 g/mol. The summed E-state index contributed by atoms with van der Waals surface area (Å²) in [5.41, 5.74) is 4.61. The van der Waals surface area contributed by atoms with Gasteiger partial charge in [-0.25, -0.2) is 0 Å². The summed E-state index contributed by atoms with van der Waals surface area (Å²) in [5.74, 6) is 1.12. The minimum atomic E-state index is -0.0393. The van der Waals surface area contributed by atoms with Crippen molar-refractivity contribution in [1.29, 1.82) is 0 Å². The van der Waals surface area contributed by atoms with Gasteiger partial charge in [-0.3, -0.25) is 4.79 Å². The number of nitrogens with zero attached hydrogens (tertiary/aromatic N) is 3. The second-order valence-corrected chi connectivity index (χ2v) is 9.80. The normalized spacial score (nSPS) is 13.4. The van der Waals surface area contributed by atoms with Crippen molar-refractivity contribution in [2.45, 2.75) is 67.7 Å². The molecule has 0 unspecified atom stereocenters. The van der Waals surface area contributed by atoms with Crippen molar-refractivity contribution in [3.63, 3.8) is 0 Å². The molecule has 42 heavy (non-hydrogen) atoms. The Kier molecular flexibility index (Phi) is 20.9. The van der Waals surface area contributed by atoms with Gasteiger partial charge in [0.1, 0.15) is 18.2 Å². The monoisotopic (exact) mass is 585 g/mol. The van der Waals surface area contributed by atoms with Crippen molar-refractivity contribution < 1.29 is 19.0 Å². The van der Waals surface area contributed by atoms with Gasteiger partial charge in [0.15, 0.2) is 0 Å². The van der Waals surface area contributed by atoms with Gasteiger partial charge in [0.05, 0.1) is 19.8 Å². The molecule has 1 fully saturated rings. The average Bonchev–Trinajstić information content (AvgIpc) is 3.02. The third-order valence-electron chi connectivity index (χ3n) is 6.63. The molecule has 0 aromatic heterocycles. The van der Waals surface area contributed by atoms with Gasteiger partial charge < -0.3 is 28.9 Å². The van der Waals surface area contributed by atoms with Crippen molar-refractivity contribution in [2.75, 3.05) is 67.8 Å². The van der Waals surface area contributed by atoms with Gasteiger partial charge in [-0.1, -0.05) is 64.8 Å². The lowest BCUT2D eigenvalue weighted by Gasteiger charge is -2.33. The largest absolute Gasteiger partial charge is 0.496 e. The number of piperazine rings is 1. The Balaban J connectivity index is 0.00000402. The first kappa shape index (κ1) is 39.0. The van der Waals surface area contributed by atoms with E-state index in [1.54, 1.807) is 21.3 Å². The van der Waals surface area contributed by atoms with Crippen LogP contribution in [0.4, 0.5) is 0 Å². The van der Waals surface area contributed by atoms with Crippen LogP contribution in [-0.4, -0.2) is 88.4 Å². The summed E-state index contributed by atoms with van der Waals surface area (Å²) in [6.45, 7) is 22.5. The molecule has 7 heteroatoms. The number of likely N-dealkylation sites (N-methyl/N-ethyl adjacent to an activating group) is 1. The number of unbranched alkanes of at least 4 members (excludes halogenated alkanes) is 1. The molecule has 2 rings (SSSR count). The Morgan fingerprint density at radius 3 is 2.02 bits per heavy atom. The summed E-state index contributed by atoms with van der Waals surface area (Å²) < 4.78 is 17.2. The molecule has 0 spiro atoms. The lowest BCUT2D eigenvalue weighted by Crippen LogP contribution is -2.47. The van der Waals surface area contributed by atoms with Gasteiger partial charge in [0.25, 0.3) is 5.91 Å². The van der Waals surface area contributed by atoms with E-state index >= 15 is 0 Å². The summed E-state index contributed by atoms with van der Waals surface area (Å²) in [5, 5.41) is 0. The van der Waals surface area contributed by atoms with Crippen LogP contribution in [0.1, 0.15) is 83.7 Å². The number of carbonyl (C=O) groups is 1. The molecular formula is C35H59N3O4. The zero-order valence-electron chi connectivity index (χ0n) is 28.5. The number of ether oxygens (including phenoxy) is 3. The van der Waals surface area contributed by atoms with E-state index in [1.165, 1.54) is 5.57 Å². The lowest BCUT2D eigenvalue weighted by atomic mass is 9.92.